The standard InChI is InChI=1S/C19H27N5O.2ClH/c1-15(18-6-8-20-9-7-18)10-19(25)22-11-16-2-4-17(5-3-16)12-24-14-21-13-23-24;;/h2-5,13-15,18,20H,6-12H2,1H3,(H,22,25);2*1H. The van der Waals surface area contributed by atoms with E-state index in [2.05, 4.69) is 51.9 Å². The van der Waals surface area contributed by atoms with Gasteiger partial charge in [-0.2, -0.15) is 5.10 Å². The summed E-state index contributed by atoms with van der Waals surface area (Å²) in [4.78, 5) is 16.1. The van der Waals surface area contributed by atoms with Crippen LogP contribution in [0.15, 0.2) is 36.9 Å². The fourth-order valence-corrected chi connectivity index (χ4v) is 3.41. The van der Waals surface area contributed by atoms with Crippen LogP contribution >= 0.6 is 24.8 Å². The number of hydrogen-bond donors (Lipinski definition) is 2. The summed E-state index contributed by atoms with van der Waals surface area (Å²) >= 11 is 0. The van der Waals surface area contributed by atoms with Crippen molar-refractivity contribution in [3.05, 3.63) is 48.0 Å². The maximum absolute atomic E-state index is 12.2. The highest BCUT2D eigenvalue weighted by atomic mass is 35.5. The van der Waals surface area contributed by atoms with E-state index in [-0.39, 0.29) is 30.7 Å². The summed E-state index contributed by atoms with van der Waals surface area (Å²) in [6.07, 6.45) is 6.23. The van der Waals surface area contributed by atoms with Gasteiger partial charge in [0, 0.05) is 13.0 Å². The first-order valence-corrected chi connectivity index (χ1v) is 9.08. The number of amides is 1. The van der Waals surface area contributed by atoms with Crippen molar-refractivity contribution in [2.75, 3.05) is 13.1 Å². The van der Waals surface area contributed by atoms with Crippen LogP contribution in [0.3, 0.4) is 0 Å². The molecule has 3 rings (SSSR count). The Kier molecular flexibility index (Phi) is 10.4. The number of rotatable bonds is 7. The summed E-state index contributed by atoms with van der Waals surface area (Å²) in [5.41, 5.74) is 2.28. The van der Waals surface area contributed by atoms with Crippen LogP contribution in [0.2, 0.25) is 0 Å². The van der Waals surface area contributed by atoms with E-state index in [4.69, 9.17) is 0 Å². The maximum Gasteiger partial charge on any atom is 0.220 e. The van der Waals surface area contributed by atoms with Gasteiger partial charge in [-0.1, -0.05) is 31.2 Å². The molecule has 0 aliphatic carbocycles. The number of carbonyl (C=O) groups is 1. The number of nitrogens with one attached hydrogen (secondary N) is 2. The van der Waals surface area contributed by atoms with Crippen LogP contribution in [-0.4, -0.2) is 33.8 Å². The van der Waals surface area contributed by atoms with Gasteiger partial charge in [0.05, 0.1) is 6.54 Å². The van der Waals surface area contributed by atoms with E-state index >= 15 is 0 Å². The van der Waals surface area contributed by atoms with Crippen molar-refractivity contribution in [2.45, 2.75) is 39.3 Å². The van der Waals surface area contributed by atoms with Crippen molar-refractivity contribution in [1.82, 2.24) is 25.4 Å². The number of carbonyl (C=O) groups excluding carboxylic acids is 1. The third kappa shape index (κ3) is 7.48. The van der Waals surface area contributed by atoms with Crippen LogP contribution in [0.5, 0.6) is 0 Å². The Hall–Kier alpha value is -1.63. The number of benzene rings is 1. The lowest BCUT2D eigenvalue weighted by molar-refractivity contribution is -0.122. The first-order chi connectivity index (χ1) is 12.2. The van der Waals surface area contributed by atoms with E-state index < -0.39 is 0 Å². The van der Waals surface area contributed by atoms with Gasteiger partial charge in [-0.05, 0) is 48.9 Å². The molecule has 1 fully saturated rings. The van der Waals surface area contributed by atoms with Crippen molar-refractivity contribution < 1.29 is 4.79 Å². The van der Waals surface area contributed by atoms with E-state index in [0.717, 1.165) is 18.7 Å². The molecule has 1 aromatic carbocycles. The summed E-state index contributed by atoms with van der Waals surface area (Å²) in [7, 11) is 0. The predicted molar refractivity (Wildman–Crippen MR) is 111 cm³/mol. The van der Waals surface area contributed by atoms with Gasteiger partial charge in [0.1, 0.15) is 12.7 Å². The zero-order valence-corrected chi connectivity index (χ0v) is 17.3. The average Bonchev–Trinajstić information content (AvgIpc) is 3.15. The minimum atomic E-state index is 0. The zero-order chi connectivity index (χ0) is 17.5. The molecule has 1 unspecified atom stereocenters. The summed E-state index contributed by atoms with van der Waals surface area (Å²) in [5, 5.41) is 10.5. The second-order valence-corrected chi connectivity index (χ2v) is 6.96. The molecule has 0 saturated carbocycles. The molecule has 0 spiro atoms. The molecule has 8 heteroatoms. The number of nitrogens with zero attached hydrogens (tertiary/aromatic N) is 3. The minimum absolute atomic E-state index is 0. The van der Waals surface area contributed by atoms with E-state index in [1.807, 2.05) is 0 Å². The van der Waals surface area contributed by atoms with Crippen LogP contribution in [0.1, 0.15) is 37.3 Å². The van der Waals surface area contributed by atoms with E-state index in [1.165, 1.54) is 24.7 Å². The van der Waals surface area contributed by atoms with E-state index in [9.17, 15) is 4.79 Å². The molecule has 1 aliphatic rings. The lowest BCUT2D eigenvalue weighted by Gasteiger charge is -2.27. The second-order valence-electron chi connectivity index (χ2n) is 6.96. The van der Waals surface area contributed by atoms with Gasteiger partial charge in [-0.15, -0.1) is 24.8 Å². The molecule has 2 aromatic rings. The molecule has 1 aliphatic heterocycles. The molecule has 6 nitrogen and oxygen atoms in total. The average molecular weight is 414 g/mol. The van der Waals surface area contributed by atoms with Crippen LogP contribution in [0.25, 0.3) is 0 Å². The van der Waals surface area contributed by atoms with Gasteiger partial charge in [0.15, 0.2) is 0 Å². The van der Waals surface area contributed by atoms with Gasteiger partial charge >= 0.3 is 0 Å². The number of halogens is 2. The molecule has 0 bridgehead atoms. The van der Waals surface area contributed by atoms with Crippen molar-refractivity contribution in [3.8, 4) is 0 Å². The number of hydrogen-bond acceptors (Lipinski definition) is 4. The van der Waals surface area contributed by atoms with Gasteiger partial charge < -0.3 is 10.6 Å². The molecule has 1 atom stereocenters. The lowest BCUT2D eigenvalue weighted by atomic mass is 9.84. The van der Waals surface area contributed by atoms with Crippen molar-refractivity contribution in [2.24, 2.45) is 11.8 Å². The quantitative estimate of drug-likeness (QED) is 0.731. The van der Waals surface area contributed by atoms with E-state index in [0.29, 0.717) is 31.3 Å². The van der Waals surface area contributed by atoms with Crippen LogP contribution < -0.4 is 10.6 Å². The van der Waals surface area contributed by atoms with Crippen LogP contribution in [-0.2, 0) is 17.9 Å². The normalized spacial score (nSPS) is 15.3. The molecule has 150 valence electrons. The molecule has 1 aromatic heterocycles. The largest absolute Gasteiger partial charge is 0.352 e. The Morgan fingerprint density at radius 1 is 1.22 bits per heavy atom. The third-order valence-electron chi connectivity index (χ3n) is 5.02. The Balaban J connectivity index is 0.00000182. The van der Waals surface area contributed by atoms with Gasteiger partial charge in [-0.25, -0.2) is 9.67 Å². The molecular formula is C19H29Cl2N5O. The molecular weight excluding hydrogens is 385 g/mol. The summed E-state index contributed by atoms with van der Waals surface area (Å²) in [5.74, 6) is 1.27. The number of aromatic nitrogens is 3. The van der Waals surface area contributed by atoms with Gasteiger partial charge in [0.25, 0.3) is 0 Å². The molecule has 1 saturated heterocycles. The van der Waals surface area contributed by atoms with Crippen molar-refractivity contribution in [1.29, 1.82) is 0 Å². The van der Waals surface area contributed by atoms with Crippen LogP contribution in [0.4, 0.5) is 0 Å². The highest BCUT2D eigenvalue weighted by molar-refractivity contribution is 5.85. The topological polar surface area (TPSA) is 71.8 Å². The molecule has 0 radical (unpaired) electrons. The second kappa shape index (κ2) is 12.0. The maximum atomic E-state index is 12.2. The monoisotopic (exact) mass is 413 g/mol. The fourth-order valence-electron chi connectivity index (χ4n) is 3.41. The highest BCUT2D eigenvalue weighted by Gasteiger charge is 2.21. The predicted octanol–water partition coefficient (Wildman–Crippen LogP) is 2.81. The van der Waals surface area contributed by atoms with Crippen molar-refractivity contribution in [3.63, 3.8) is 0 Å². The summed E-state index contributed by atoms with van der Waals surface area (Å²) in [6, 6.07) is 8.26. The molecule has 27 heavy (non-hydrogen) atoms. The van der Waals surface area contributed by atoms with Crippen molar-refractivity contribution >= 4 is 30.7 Å². The first-order valence-electron chi connectivity index (χ1n) is 9.08. The Morgan fingerprint density at radius 2 is 1.89 bits per heavy atom. The fraction of sp³-hybridized carbons (Fsp3) is 0.526. The lowest BCUT2D eigenvalue weighted by Crippen LogP contribution is -2.33. The SMILES string of the molecule is CC(CC(=O)NCc1ccc(Cn2cncn2)cc1)C1CCNCC1.Cl.Cl. The Morgan fingerprint density at radius 3 is 2.52 bits per heavy atom. The van der Waals surface area contributed by atoms with E-state index in [1.54, 1.807) is 11.0 Å². The third-order valence-corrected chi connectivity index (χ3v) is 5.02. The molecule has 2 heterocycles. The minimum Gasteiger partial charge on any atom is -0.352 e. The molecule has 1 amide bonds. The van der Waals surface area contributed by atoms with Gasteiger partial charge in [-0.3, -0.25) is 4.79 Å². The summed E-state index contributed by atoms with van der Waals surface area (Å²) < 4.78 is 1.79. The van der Waals surface area contributed by atoms with Crippen LogP contribution in [0, 0.1) is 11.8 Å². The Bertz CT molecular complexity index is 657. The number of piperidine rings is 1. The zero-order valence-electron chi connectivity index (χ0n) is 15.6. The summed E-state index contributed by atoms with van der Waals surface area (Å²) in [6.45, 7) is 5.66. The Labute approximate surface area is 173 Å². The van der Waals surface area contributed by atoms with Gasteiger partial charge in [0.2, 0.25) is 5.91 Å². The molecule has 2 N–H and O–H groups in total. The smallest absolute Gasteiger partial charge is 0.220 e. The highest BCUT2D eigenvalue weighted by Crippen LogP contribution is 2.24. The first kappa shape index (κ1) is 23.4.